The van der Waals surface area contributed by atoms with Crippen molar-refractivity contribution in [3.8, 4) is 5.75 Å². The highest BCUT2D eigenvalue weighted by molar-refractivity contribution is 6.04. The first kappa shape index (κ1) is 32.5. The van der Waals surface area contributed by atoms with Gasteiger partial charge in [-0.2, -0.15) is 5.10 Å². The predicted molar refractivity (Wildman–Crippen MR) is 174 cm³/mol. The number of anilines is 1. The molecule has 5 rings (SSSR count). The van der Waals surface area contributed by atoms with Gasteiger partial charge in [-0.05, 0) is 75.9 Å². The Kier molecular flexibility index (Phi) is 10.5. The number of alkyl carbamates (subject to hydrolysis) is 1. The number of aryl methyl sites for hydroxylation is 3. The van der Waals surface area contributed by atoms with Crippen LogP contribution in [0, 0.1) is 12.8 Å². The maximum absolute atomic E-state index is 13.3. The van der Waals surface area contributed by atoms with Gasteiger partial charge in [-0.25, -0.2) is 9.78 Å². The molecule has 0 saturated carbocycles. The monoisotopic (exact) mass is 630 g/mol. The van der Waals surface area contributed by atoms with E-state index in [1.807, 2.05) is 19.9 Å². The Morgan fingerprint density at radius 1 is 1.09 bits per heavy atom. The second kappa shape index (κ2) is 14.9. The summed E-state index contributed by atoms with van der Waals surface area (Å²) in [6.07, 6.45) is 2.02. The highest BCUT2D eigenvalue weighted by atomic mass is 16.5. The lowest BCUT2D eigenvalue weighted by Crippen LogP contribution is -2.36. The summed E-state index contributed by atoms with van der Waals surface area (Å²) in [6.45, 7) is 8.26. The van der Waals surface area contributed by atoms with E-state index < -0.39 is 12.0 Å². The van der Waals surface area contributed by atoms with Gasteiger partial charge in [-0.15, -0.1) is 0 Å². The van der Waals surface area contributed by atoms with Crippen molar-refractivity contribution in [1.82, 2.24) is 29.5 Å². The summed E-state index contributed by atoms with van der Waals surface area (Å²) in [5.74, 6) is -0.00541. The molecule has 0 spiro atoms. The van der Waals surface area contributed by atoms with E-state index in [9.17, 15) is 14.4 Å². The minimum Gasteiger partial charge on any atom is -0.494 e. The number of carbonyl (C=O) groups excluding carboxylic acids is 3. The van der Waals surface area contributed by atoms with Gasteiger partial charge in [0.05, 0.1) is 24.9 Å². The number of nitrogens with two attached hydrogens (primary N) is 1. The Hall–Kier alpha value is -4.91. The molecule has 0 atom stereocenters. The van der Waals surface area contributed by atoms with Gasteiger partial charge in [-0.1, -0.05) is 30.3 Å². The molecule has 1 aliphatic heterocycles. The van der Waals surface area contributed by atoms with Gasteiger partial charge in [0.2, 0.25) is 11.9 Å². The Labute approximate surface area is 268 Å². The van der Waals surface area contributed by atoms with Crippen LogP contribution in [0.4, 0.5) is 10.7 Å². The van der Waals surface area contributed by atoms with Gasteiger partial charge in [0.25, 0.3) is 5.91 Å². The first-order valence-electron chi connectivity index (χ1n) is 15.7. The molecule has 1 aliphatic rings. The van der Waals surface area contributed by atoms with E-state index in [0.29, 0.717) is 61.1 Å². The molecule has 0 bridgehead atoms. The Morgan fingerprint density at radius 3 is 2.54 bits per heavy atom. The second-order valence-electron chi connectivity index (χ2n) is 11.5. The molecular weight excluding hydrogens is 588 g/mol. The standard InChI is InChI=1S/C33H42N8O5/c1-4-41-27(17-22(2)38-41)31(43)37-32-36-26-18-25(30(34)42)19-28(45-3)29(26)40(32)14-8-13-35-33(44)46-21-24-11-15-39(16-12-24)20-23-9-6-5-7-10-23/h5-7,9-10,17-19,24H,4,8,11-16,20-21H2,1-3H3,(H2,34,42)(H,35,44)(H,36,37,43). The molecule has 4 aromatic rings. The highest BCUT2D eigenvalue weighted by Gasteiger charge is 2.23. The zero-order valence-corrected chi connectivity index (χ0v) is 26.6. The van der Waals surface area contributed by atoms with Crippen molar-refractivity contribution in [3.63, 3.8) is 0 Å². The highest BCUT2D eigenvalue weighted by Crippen LogP contribution is 2.31. The van der Waals surface area contributed by atoms with Crippen LogP contribution >= 0.6 is 0 Å². The van der Waals surface area contributed by atoms with Crippen LogP contribution in [0.3, 0.4) is 0 Å². The smallest absolute Gasteiger partial charge is 0.407 e. The fourth-order valence-corrected chi connectivity index (χ4v) is 5.80. The number of piperidine rings is 1. The number of rotatable bonds is 13. The maximum Gasteiger partial charge on any atom is 0.407 e. The molecule has 0 aliphatic carbocycles. The normalized spacial score (nSPS) is 13.9. The Morgan fingerprint density at radius 2 is 1.85 bits per heavy atom. The number of hydrogen-bond acceptors (Lipinski definition) is 8. The largest absolute Gasteiger partial charge is 0.494 e. The Bertz CT molecular complexity index is 1670. The van der Waals surface area contributed by atoms with Crippen molar-refractivity contribution >= 4 is 34.9 Å². The molecule has 2 aromatic carbocycles. The fraction of sp³-hybridized carbons (Fsp3) is 0.424. The lowest BCUT2D eigenvalue weighted by Gasteiger charge is -2.31. The van der Waals surface area contributed by atoms with Gasteiger partial charge >= 0.3 is 6.09 Å². The van der Waals surface area contributed by atoms with Crippen LogP contribution in [-0.4, -0.2) is 75.5 Å². The predicted octanol–water partition coefficient (Wildman–Crippen LogP) is 3.95. The van der Waals surface area contributed by atoms with Crippen molar-refractivity contribution < 1.29 is 23.9 Å². The number of nitrogens with zero attached hydrogens (tertiary/aromatic N) is 5. The van der Waals surface area contributed by atoms with Crippen molar-refractivity contribution in [2.75, 3.05) is 38.7 Å². The van der Waals surface area contributed by atoms with Crippen LogP contribution in [0.2, 0.25) is 0 Å². The molecule has 1 fully saturated rings. The van der Waals surface area contributed by atoms with Crippen LogP contribution < -0.4 is 21.1 Å². The third kappa shape index (κ3) is 7.83. The lowest BCUT2D eigenvalue weighted by atomic mass is 9.97. The minimum atomic E-state index is -0.622. The number of fused-ring (bicyclic) bond motifs is 1. The SMILES string of the molecule is CCn1nc(C)cc1C(=O)Nc1nc2cc(C(N)=O)cc(OC)c2n1CCCNC(=O)OCC1CCN(Cc2ccccc2)CC1. The summed E-state index contributed by atoms with van der Waals surface area (Å²) >= 11 is 0. The average Bonchev–Trinajstić information content (AvgIpc) is 3.62. The van der Waals surface area contributed by atoms with Gasteiger partial charge in [0, 0.05) is 31.7 Å². The number of amides is 3. The van der Waals surface area contributed by atoms with E-state index in [0.717, 1.165) is 38.2 Å². The van der Waals surface area contributed by atoms with Crippen molar-refractivity contribution in [1.29, 1.82) is 0 Å². The molecule has 46 heavy (non-hydrogen) atoms. The summed E-state index contributed by atoms with van der Waals surface area (Å²) in [5, 5.41) is 10.1. The number of benzene rings is 2. The van der Waals surface area contributed by atoms with Gasteiger partial charge in [0.15, 0.2) is 0 Å². The van der Waals surface area contributed by atoms with E-state index in [4.69, 9.17) is 15.2 Å². The number of aromatic nitrogens is 4. The quantitative estimate of drug-likeness (QED) is 0.187. The first-order valence-corrected chi connectivity index (χ1v) is 15.7. The van der Waals surface area contributed by atoms with E-state index >= 15 is 0 Å². The Balaban J connectivity index is 1.18. The molecule has 0 radical (unpaired) electrons. The zero-order chi connectivity index (χ0) is 32.6. The van der Waals surface area contributed by atoms with Crippen LogP contribution in [-0.2, 0) is 24.4 Å². The number of primary amides is 1. The van der Waals surface area contributed by atoms with Gasteiger partial charge in [-0.3, -0.25) is 24.5 Å². The van der Waals surface area contributed by atoms with Gasteiger partial charge < -0.3 is 25.1 Å². The maximum atomic E-state index is 13.3. The molecule has 2 aromatic heterocycles. The minimum absolute atomic E-state index is 0.234. The van der Waals surface area contributed by atoms with E-state index in [1.54, 1.807) is 27.4 Å². The molecule has 13 heteroatoms. The van der Waals surface area contributed by atoms with Gasteiger partial charge in [0.1, 0.15) is 17.0 Å². The summed E-state index contributed by atoms with van der Waals surface area (Å²) in [5.41, 5.74) is 9.22. The van der Waals surface area contributed by atoms with Crippen LogP contribution in [0.5, 0.6) is 5.75 Å². The van der Waals surface area contributed by atoms with E-state index in [2.05, 4.69) is 49.9 Å². The number of ether oxygens (including phenoxy) is 2. The topological polar surface area (TPSA) is 159 Å². The van der Waals surface area contributed by atoms with Crippen molar-refractivity contribution in [2.45, 2.75) is 52.7 Å². The molecular formula is C33H42N8O5. The third-order valence-corrected chi connectivity index (χ3v) is 8.20. The molecule has 1 saturated heterocycles. The molecule has 3 heterocycles. The third-order valence-electron chi connectivity index (χ3n) is 8.20. The number of hydrogen-bond donors (Lipinski definition) is 3. The fourth-order valence-electron chi connectivity index (χ4n) is 5.80. The number of likely N-dealkylation sites (tertiary alicyclic amines) is 1. The number of imidazole rings is 1. The van der Waals surface area contributed by atoms with E-state index in [-0.39, 0.29) is 17.4 Å². The summed E-state index contributed by atoms with van der Waals surface area (Å²) in [6, 6.07) is 15.3. The van der Waals surface area contributed by atoms with E-state index in [1.165, 1.54) is 12.7 Å². The van der Waals surface area contributed by atoms with Crippen LogP contribution in [0.15, 0.2) is 48.5 Å². The van der Waals surface area contributed by atoms with Crippen molar-refractivity contribution in [3.05, 3.63) is 71.0 Å². The number of methoxy groups -OCH3 is 1. The van der Waals surface area contributed by atoms with Crippen molar-refractivity contribution in [2.24, 2.45) is 11.7 Å². The molecule has 13 nitrogen and oxygen atoms in total. The second-order valence-corrected chi connectivity index (χ2v) is 11.5. The summed E-state index contributed by atoms with van der Waals surface area (Å²) in [4.78, 5) is 44.8. The number of carbonyl (C=O) groups is 3. The number of nitrogens with one attached hydrogen (secondary N) is 2. The van der Waals surface area contributed by atoms with Crippen LogP contribution in [0.1, 0.15) is 58.3 Å². The zero-order valence-electron chi connectivity index (χ0n) is 26.6. The van der Waals surface area contributed by atoms with Crippen LogP contribution in [0.25, 0.3) is 11.0 Å². The average molecular weight is 631 g/mol. The molecule has 0 unspecified atom stereocenters. The summed E-state index contributed by atoms with van der Waals surface area (Å²) in [7, 11) is 1.49. The first-order chi connectivity index (χ1) is 22.2. The molecule has 4 N–H and O–H groups in total. The molecule has 3 amide bonds. The molecule has 244 valence electrons. The lowest BCUT2D eigenvalue weighted by molar-refractivity contribution is 0.0942. The summed E-state index contributed by atoms with van der Waals surface area (Å²) < 4.78 is 14.5.